The Morgan fingerprint density at radius 1 is 1.47 bits per heavy atom. The van der Waals surface area contributed by atoms with Crippen molar-refractivity contribution in [2.45, 2.75) is 38.6 Å². The second kappa shape index (κ2) is 5.89. The summed E-state index contributed by atoms with van der Waals surface area (Å²) in [6.45, 7) is 5.47. The minimum absolute atomic E-state index is 0.267. The van der Waals surface area contributed by atoms with Gasteiger partial charge >= 0.3 is 0 Å². The van der Waals surface area contributed by atoms with E-state index in [4.69, 9.17) is 0 Å². The fourth-order valence-electron chi connectivity index (χ4n) is 2.25. The Kier molecular flexibility index (Phi) is 4.23. The van der Waals surface area contributed by atoms with Crippen molar-refractivity contribution >= 4 is 11.9 Å². The highest BCUT2D eigenvalue weighted by Gasteiger charge is 2.16. The van der Waals surface area contributed by atoms with Crippen LogP contribution in [0.2, 0.25) is 0 Å². The molecule has 0 bridgehead atoms. The summed E-state index contributed by atoms with van der Waals surface area (Å²) in [4.78, 5) is 18.1. The van der Waals surface area contributed by atoms with Gasteiger partial charge < -0.3 is 15.5 Å². The predicted molar refractivity (Wildman–Crippen MR) is 68.0 cm³/mol. The molecule has 17 heavy (non-hydrogen) atoms. The molecule has 2 N–H and O–H groups in total. The van der Waals surface area contributed by atoms with Gasteiger partial charge in [0.1, 0.15) is 0 Å². The average molecular weight is 238 g/mol. The summed E-state index contributed by atoms with van der Waals surface area (Å²) in [6.07, 6.45) is 4.14. The number of carbonyl (C=O) groups excluding carboxylic acids is 1. The number of nitrogens with zero attached hydrogens (tertiary/aromatic N) is 2. The standard InChI is InChI=1S/C12H22N4O/c1-10-9-14-12(15-10)13-6-5-11(17)16-7-3-2-4-8-16/h10H,2-9H2,1H3,(H2,13,14,15). The van der Waals surface area contributed by atoms with Crippen molar-refractivity contribution in [3.05, 3.63) is 0 Å². The van der Waals surface area contributed by atoms with Gasteiger partial charge in [-0.25, -0.2) is 0 Å². The molecule has 1 unspecified atom stereocenters. The van der Waals surface area contributed by atoms with Crippen LogP contribution < -0.4 is 10.6 Å². The molecule has 2 aliphatic rings. The van der Waals surface area contributed by atoms with Gasteiger partial charge in [-0.05, 0) is 26.2 Å². The summed E-state index contributed by atoms with van der Waals surface area (Å²) >= 11 is 0. The molecule has 2 heterocycles. The number of likely N-dealkylation sites (tertiary alicyclic amines) is 1. The van der Waals surface area contributed by atoms with Crippen molar-refractivity contribution in [3.63, 3.8) is 0 Å². The summed E-state index contributed by atoms with van der Waals surface area (Å²) in [5.74, 6) is 1.10. The first-order valence-corrected chi connectivity index (χ1v) is 6.58. The van der Waals surface area contributed by atoms with Crippen LogP contribution in [0.4, 0.5) is 0 Å². The zero-order chi connectivity index (χ0) is 12.1. The molecule has 1 atom stereocenters. The number of rotatable bonds is 3. The molecule has 96 valence electrons. The largest absolute Gasteiger partial charge is 0.356 e. The first-order chi connectivity index (χ1) is 8.25. The van der Waals surface area contributed by atoms with Gasteiger partial charge in [0.2, 0.25) is 5.91 Å². The number of amides is 1. The van der Waals surface area contributed by atoms with Crippen LogP contribution in [0.15, 0.2) is 4.99 Å². The Morgan fingerprint density at radius 3 is 2.88 bits per heavy atom. The van der Waals surface area contributed by atoms with Crippen LogP contribution in [0.1, 0.15) is 32.6 Å². The van der Waals surface area contributed by atoms with Crippen LogP contribution in [0, 0.1) is 0 Å². The highest BCUT2D eigenvalue weighted by atomic mass is 16.2. The molecular weight excluding hydrogens is 216 g/mol. The first-order valence-electron chi connectivity index (χ1n) is 6.58. The normalized spacial score (nSPS) is 24.2. The molecule has 0 spiro atoms. The molecule has 0 aliphatic carbocycles. The third-order valence-electron chi connectivity index (χ3n) is 3.25. The highest BCUT2D eigenvalue weighted by molar-refractivity contribution is 5.82. The van der Waals surface area contributed by atoms with Crippen LogP contribution in [0.25, 0.3) is 0 Å². The topological polar surface area (TPSA) is 56.7 Å². The molecule has 0 aromatic rings. The molecule has 0 aromatic heterocycles. The number of guanidine groups is 1. The van der Waals surface area contributed by atoms with E-state index < -0.39 is 0 Å². The molecule has 0 saturated carbocycles. The zero-order valence-electron chi connectivity index (χ0n) is 10.5. The second-order valence-electron chi connectivity index (χ2n) is 4.85. The molecular formula is C12H22N4O. The molecule has 2 rings (SSSR count). The number of aliphatic imine (C=N–C) groups is 1. The van der Waals surface area contributed by atoms with E-state index in [0.717, 1.165) is 38.4 Å². The zero-order valence-corrected chi connectivity index (χ0v) is 10.5. The fourth-order valence-corrected chi connectivity index (χ4v) is 2.25. The number of hydrogen-bond acceptors (Lipinski definition) is 4. The van der Waals surface area contributed by atoms with Crippen molar-refractivity contribution in [2.24, 2.45) is 4.99 Å². The molecule has 0 aromatic carbocycles. The van der Waals surface area contributed by atoms with Crippen molar-refractivity contribution in [1.82, 2.24) is 15.5 Å². The molecule has 5 nitrogen and oxygen atoms in total. The van der Waals surface area contributed by atoms with Crippen LogP contribution in [-0.2, 0) is 4.79 Å². The lowest BCUT2D eigenvalue weighted by Gasteiger charge is -2.26. The minimum atomic E-state index is 0.267. The Hall–Kier alpha value is -1.26. The van der Waals surface area contributed by atoms with Gasteiger partial charge in [-0.1, -0.05) is 0 Å². The fraction of sp³-hybridized carbons (Fsp3) is 0.833. The number of nitrogens with one attached hydrogen (secondary N) is 2. The quantitative estimate of drug-likeness (QED) is 0.745. The van der Waals surface area contributed by atoms with E-state index in [9.17, 15) is 4.79 Å². The lowest BCUT2D eigenvalue weighted by atomic mass is 10.1. The number of carbonyl (C=O) groups is 1. The summed E-state index contributed by atoms with van der Waals surface area (Å²) in [6, 6.07) is 0.412. The minimum Gasteiger partial charge on any atom is -0.356 e. The van der Waals surface area contributed by atoms with E-state index >= 15 is 0 Å². The molecule has 1 fully saturated rings. The van der Waals surface area contributed by atoms with Gasteiger partial charge in [-0.3, -0.25) is 9.79 Å². The maximum absolute atomic E-state index is 11.9. The molecule has 1 amide bonds. The maximum Gasteiger partial charge on any atom is 0.224 e. The van der Waals surface area contributed by atoms with Crippen LogP contribution in [-0.4, -0.2) is 49.0 Å². The summed E-state index contributed by atoms with van der Waals surface area (Å²) in [5.41, 5.74) is 0. The van der Waals surface area contributed by atoms with Crippen molar-refractivity contribution in [2.75, 3.05) is 26.2 Å². The SMILES string of the molecule is CC1CN=C(NCCC(=O)N2CCCCC2)N1. The number of piperidine rings is 1. The van der Waals surface area contributed by atoms with Gasteiger partial charge in [-0.2, -0.15) is 0 Å². The summed E-state index contributed by atoms with van der Waals surface area (Å²) < 4.78 is 0. The lowest BCUT2D eigenvalue weighted by molar-refractivity contribution is -0.131. The van der Waals surface area contributed by atoms with Crippen LogP contribution in [0.5, 0.6) is 0 Å². The lowest BCUT2D eigenvalue weighted by Crippen LogP contribution is -2.41. The molecule has 0 radical (unpaired) electrons. The van der Waals surface area contributed by atoms with Crippen LogP contribution >= 0.6 is 0 Å². The van der Waals surface area contributed by atoms with E-state index in [1.807, 2.05) is 4.90 Å². The molecule has 5 heteroatoms. The smallest absolute Gasteiger partial charge is 0.224 e. The van der Waals surface area contributed by atoms with Gasteiger partial charge in [0.25, 0.3) is 0 Å². The van der Waals surface area contributed by atoms with Crippen molar-refractivity contribution in [3.8, 4) is 0 Å². The van der Waals surface area contributed by atoms with Crippen molar-refractivity contribution < 1.29 is 4.79 Å². The second-order valence-corrected chi connectivity index (χ2v) is 4.85. The van der Waals surface area contributed by atoms with Gasteiger partial charge in [-0.15, -0.1) is 0 Å². The summed E-state index contributed by atoms with van der Waals surface area (Å²) in [7, 11) is 0. The van der Waals surface area contributed by atoms with E-state index in [-0.39, 0.29) is 5.91 Å². The van der Waals surface area contributed by atoms with Crippen LogP contribution in [0.3, 0.4) is 0 Å². The van der Waals surface area contributed by atoms with Crippen molar-refractivity contribution in [1.29, 1.82) is 0 Å². The van der Waals surface area contributed by atoms with E-state index in [1.54, 1.807) is 0 Å². The summed E-state index contributed by atoms with van der Waals surface area (Å²) in [5, 5.41) is 6.39. The molecule has 1 saturated heterocycles. The predicted octanol–water partition coefficient (Wildman–Crippen LogP) is 0.326. The van der Waals surface area contributed by atoms with E-state index in [0.29, 0.717) is 19.0 Å². The Morgan fingerprint density at radius 2 is 2.24 bits per heavy atom. The third kappa shape index (κ3) is 3.61. The highest BCUT2D eigenvalue weighted by Crippen LogP contribution is 2.09. The molecule has 2 aliphatic heterocycles. The monoisotopic (exact) mass is 238 g/mol. The van der Waals surface area contributed by atoms with E-state index in [1.165, 1.54) is 6.42 Å². The van der Waals surface area contributed by atoms with Gasteiger partial charge in [0.15, 0.2) is 5.96 Å². The Balaban J connectivity index is 1.62. The van der Waals surface area contributed by atoms with E-state index in [2.05, 4.69) is 22.5 Å². The van der Waals surface area contributed by atoms with Gasteiger partial charge in [0, 0.05) is 32.1 Å². The third-order valence-corrected chi connectivity index (χ3v) is 3.25. The Bertz CT molecular complexity index is 297. The Labute approximate surface area is 103 Å². The van der Waals surface area contributed by atoms with Gasteiger partial charge in [0.05, 0.1) is 6.54 Å². The average Bonchev–Trinajstić information content (AvgIpc) is 2.76. The maximum atomic E-state index is 11.9. The first kappa shape index (κ1) is 12.2. The number of hydrogen-bond donors (Lipinski definition) is 2.